The van der Waals surface area contributed by atoms with E-state index in [-0.39, 0.29) is 17.7 Å². The van der Waals surface area contributed by atoms with Crippen LogP contribution in [0.3, 0.4) is 0 Å². The number of ketones is 1. The van der Waals surface area contributed by atoms with Crippen molar-refractivity contribution < 1.29 is 24.0 Å². The van der Waals surface area contributed by atoms with Crippen LogP contribution >= 0.6 is 0 Å². The number of esters is 1. The first-order valence-corrected chi connectivity index (χ1v) is 7.97. The molecule has 2 aromatic rings. The van der Waals surface area contributed by atoms with Crippen LogP contribution in [0.5, 0.6) is 5.75 Å². The second kappa shape index (κ2) is 8.75. The number of nitrogens with zero attached hydrogens (tertiary/aromatic N) is 1. The standard InChI is InChI=1S/C19H19NO6/c1-13-3-7-15(11-17(13)20(23)24)18(21)12-26-19(22)10-6-14-4-8-16(25-2)9-5-14/h3-5,7-9,11H,6,10,12H2,1-2H3. The average Bonchev–Trinajstić information content (AvgIpc) is 2.64. The number of Topliss-reactive ketones (excluding diaryl/α,β-unsaturated/α-hetero) is 1. The van der Waals surface area contributed by atoms with E-state index in [0.717, 1.165) is 11.3 Å². The summed E-state index contributed by atoms with van der Waals surface area (Å²) in [7, 11) is 1.58. The van der Waals surface area contributed by atoms with E-state index in [0.29, 0.717) is 12.0 Å². The van der Waals surface area contributed by atoms with E-state index in [1.807, 2.05) is 12.1 Å². The lowest BCUT2D eigenvalue weighted by molar-refractivity contribution is -0.385. The Kier molecular flexibility index (Phi) is 6.43. The van der Waals surface area contributed by atoms with Crippen molar-refractivity contribution in [2.45, 2.75) is 19.8 Å². The molecule has 0 heterocycles. The van der Waals surface area contributed by atoms with Crippen LogP contribution in [-0.2, 0) is 16.0 Å². The summed E-state index contributed by atoms with van der Waals surface area (Å²) in [6.45, 7) is 1.15. The number of ether oxygens (including phenoxy) is 2. The number of methoxy groups -OCH3 is 1. The molecule has 0 N–H and O–H groups in total. The summed E-state index contributed by atoms with van der Waals surface area (Å²) in [5.74, 6) is -0.254. The number of hydrogen-bond acceptors (Lipinski definition) is 6. The normalized spacial score (nSPS) is 10.2. The third-order valence-corrected chi connectivity index (χ3v) is 3.87. The predicted molar refractivity (Wildman–Crippen MR) is 94.4 cm³/mol. The summed E-state index contributed by atoms with van der Waals surface area (Å²) in [5.41, 5.74) is 1.42. The van der Waals surface area contributed by atoms with Crippen LogP contribution in [0, 0.1) is 17.0 Å². The fraction of sp³-hybridized carbons (Fsp3) is 0.263. The molecule has 0 fully saturated rings. The highest BCUT2D eigenvalue weighted by Gasteiger charge is 2.16. The van der Waals surface area contributed by atoms with Gasteiger partial charge in [-0.15, -0.1) is 0 Å². The van der Waals surface area contributed by atoms with Crippen LogP contribution in [0.15, 0.2) is 42.5 Å². The molecule has 0 unspecified atom stereocenters. The van der Waals surface area contributed by atoms with Gasteiger partial charge in [-0.3, -0.25) is 19.7 Å². The number of nitro benzene ring substituents is 1. The number of rotatable bonds is 8. The van der Waals surface area contributed by atoms with Crippen molar-refractivity contribution in [3.63, 3.8) is 0 Å². The van der Waals surface area contributed by atoms with Crippen molar-refractivity contribution in [1.29, 1.82) is 0 Å². The molecule has 26 heavy (non-hydrogen) atoms. The highest BCUT2D eigenvalue weighted by molar-refractivity contribution is 5.98. The number of nitro groups is 1. The van der Waals surface area contributed by atoms with E-state index in [1.165, 1.54) is 18.2 Å². The lowest BCUT2D eigenvalue weighted by Gasteiger charge is -2.06. The van der Waals surface area contributed by atoms with Gasteiger partial charge in [-0.25, -0.2) is 0 Å². The van der Waals surface area contributed by atoms with Gasteiger partial charge in [0.15, 0.2) is 6.61 Å². The molecule has 0 spiro atoms. The molecule has 136 valence electrons. The molecule has 0 aliphatic carbocycles. The summed E-state index contributed by atoms with van der Waals surface area (Å²) in [6, 6.07) is 11.5. The fourth-order valence-corrected chi connectivity index (χ4v) is 2.32. The average molecular weight is 357 g/mol. The fourth-order valence-electron chi connectivity index (χ4n) is 2.32. The second-order valence-corrected chi connectivity index (χ2v) is 5.69. The summed E-state index contributed by atoms with van der Waals surface area (Å²) in [6.07, 6.45) is 0.612. The molecule has 2 rings (SSSR count). The Hall–Kier alpha value is -3.22. The SMILES string of the molecule is COc1ccc(CCC(=O)OCC(=O)c2ccc(C)c([N+](=O)[O-])c2)cc1. The molecule has 0 bridgehead atoms. The number of benzene rings is 2. The number of carbonyl (C=O) groups excluding carboxylic acids is 2. The minimum Gasteiger partial charge on any atom is -0.497 e. The van der Waals surface area contributed by atoms with Gasteiger partial charge in [0.1, 0.15) is 5.75 Å². The van der Waals surface area contributed by atoms with E-state index >= 15 is 0 Å². The predicted octanol–water partition coefficient (Wildman–Crippen LogP) is 3.27. The third kappa shape index (κ3) is 5.14. The van der Waals surface area contributed by atoms with Crippen LogP contribution in [0.1, 0.15) is 27.9 Å². The van der Waals surface area contributed by atoms with Gasteiger partial charge in [-0.1, -0.05) is 24.3 Å². The first kappa shape index (κ1) is 19.1. The van der Waals surface area contributed by atoms with Crippen molar-refractivity contribution >= 4 is 17.4 Å². The minimum atomic E-state index is -0.549. The van der Waals surface area contributed by atoms with Gasteiger partial charge in [0.05, 0.1) is 12.0 Å². The van der Waals surface area contributed by atoms with Crippen molar-refractivity contribution in [2.24, 2.45) is 0 Å². The lowest BCUT2D eigenvalue weighted by Crippen LogP contribution is -2.14. The zero-order valence-electron chi connectivity index (χ0n) is 14.6. The molecule has 0 atom stereocenters. The molecule has 0 aliphatic heterocycles. The number of hydrogen-bond donors (Lipinski definition) is 0. The molecular weight excluding hydrogens is 338 g/mol. The largest absolute Gasteiger partial charge is 0.497 e. The van der Waals surface area contributed by atoms with E-state index in [2.05, 4.69) is 0 Å². The molecule has 0 aromatic heterocycles. The zero-order valence-corrected chi connectivity index (χ0v) is 14.6. The highest BCUT2D eigenvalue weighted by atomic mass is 16.6. The van der Waals surface area contributed by atoms with Crippen LogP contribution in [0.4, 0.5) is 5.69 Å². The van der Waals surface area contributed by atoms with Gasteiger partial charge in [0.2, 0.25) is 5.78 Å². The van der Waals surface area contributed by atoms with Crippen LogP contribution in [-0.4, -0.2) is 30.4 Å². The Labute approximate surface area is 150 Å². The van der Waals surface area contributed by atoms with Crippen molar-refractivity contribution in [3.8, 4) is 5.75 Å². The van der Waals surface area contributed by atoms with Gasteiger partial charge in [-0.05, 0) is 31.0 Å². The molecule has 2 aromatic carbocycles. The quantitative estimate of drug-likeness (QED) is 0.311. The molecular formula is C19H19NO6. The summed E-state index contributed by atoms with van der Waals surface area (Å²) in [5, 5.41) is 10.9. The number of aryl methyl sites for hydroxylation is 2. The third-order valence-electron chi connectivity index (χ3n) is 3.87. The maximum atomic E-state index is 12.1. The number of carbonyl (C=O) groups is 2. The molecule has 7 heteroatoms. The van der Waals surface area contributed by atoms with Crippen LogP contribution in [0.2, 0.25) is 0 Å². The van der Waals surface area contributed by atoms with E-state index < -0.39 is 23.3 Å². The Morgan fingerprint density at radius 3 is 2.42 bits per heavy atom. The Bertz CT molecular complexity index is 813. The zero-order chi connectivity index (χ0) is 19.1. The lowest BCUT2D eigenvalue weighted by atomic mass is 10.1. The monoisotopic (exact) mass is 357 g/mol. The van der Waals surface area contributed by atoms with Crippen LogP contribution < -0.4 is 4.74 Å². The van der Waals surface area contributed by atoms with Gasteiger partial charge in [0, 0.05) is 23.6 Å². The summed E-state index contributed by atoms with van der Waals surface area (Å²) in [4.78, 5) is 34.2. The van der Waals surface area contributed by atoms with Gasteiger partial charge in [-0.2, -0.15) is 0 Å². The molecule has 0 saturated carbocycles. The smallest absolute Gasteiger partial charge is 0.306 e. The van der Waals surface area contributed by atoms with E-state index in [4.69, 9.17) is 9.47 Å². The van der Waals surface area contributed by atoms with Crippen molar-refractivity contribution in [2.75, 3.05) is 13.7 Å². The Balaban J connectivity index is 1.85. The van der Waals surface area contributed by atoms with Crippen molar-refractivity contribution in [3.05, 3.63) is 69.3 Å². The van der Waals surface area contributed by atoms with E-state index in [9.17, 15) is 19.7 Å². The Morgan fingerprint density at radius 2 is 1.81 bits per heavy atom. The minimum absolute atomic E-state index is 0.133. The van der Waals surface area contributed by atoms with Gasteiger partial charge < -0.3 is 9.47 Å². The first-order chi connectivity index (χ1) is 12.4. The van der Waals surface area contributed by atoms with Crippen LogP contribution in [0.25, 0.3) is 0 Å². The molecule has 0 saturated heterocycles. The molecule has 0 amide bonds. The molecule has 0 radical (unpaired) electrons. The Morgan fingerprint density at radius 1 is 1.12 bits per heavy atom. The van der Waals surface area contributed by atoms with Crippen molar-refractivity contribution in [1.82, 2.24) is 0 Å². The summed E-state index contributed by atoms with van der Waals surface area (Å²) < 4.78 is 10.0. The highest BCUT2D eigenvalue weighted by Crippen LogP contribution is 2.19. The topological polar surface area (TPSA) is 95.7 Å². The molecule has 7 nitrogen and oxygen atoms in total. The molecule has 0 aliphatic rings. The first-order valence-electron chi connectivity index (χ1n) is 7.97. The maximum absolute atomic E-state index is 12.1. The van der Waals surface area contributed by atoms with E-state index in [1.54, 1.807) is 26.2 Å². The van der Waals surface area contributed by atoms with Gasteiger partial charge in [0.25, 0.3) is 5.69 Å². The van der Waals surface area contributed by atoms with Gasteiger partial charge >= 0.3 is 5.97 Å². The summed E-state index contributed by atoms with van der Waals surface area (Å²) >= 11 is 0. The maximum Gasteiger partial charge on any atom is 0.306 e. The second-order valence-electron chi connectivity index (χ2n) is 5.69.